The Kier molecular flexibility index (Phi) is 13.3. The highest BCUT2D eigenvalue weighted by Crippen LogP contribution is 2.31. The fraction of sp³-hybridized carbons (Fsp3) is 0.514. The standard InChI is InChI=1S/C35H46F3N5O8S/c1-21-18-43(22(2)20-44)33(45)29-17-28(40-34(46)39-27-12-10-26(11-13-27)35(36,37)38)14-15-30(29)50-23(3)9-7-8-16-49-31(21)19-42(6)52(47,48)32-24(4)41-51-25(32)5/h10-15,17,21-23,31,44H,7-9,16,18-20H2,1-6H3,(H2,39,40,46)/t21-,22+,23-,31-/m0/s1. The number of hydrogen-bond donors (Lipinski definition) is 3. The molecule has 0 unspecified atom stereocenters. The molecule has 2 aromatic carbocycles. The highest BCUT2D eigenvalue weighted by Gasteiger charge is 2.35. The van der Waals surface area contributed by atoms with Gasteiger partial charge in [-0.3, -0.25) is 4.79 Å². The number of carbonyl (C=O) groups is 2. The maximum atomic E-state index is 14.4. The summed E-state index contributed by atoms with van der Waals surface area (Å²) in [4.78, 5) is 28.6. The zero-order valence-corrected chi connectivity index (χ0v) is 30.8. The van der Waals surface area contributed by atoms with E-state index in [-0.39, 0.29) is 64.8 Å². The summed E-state index contributed by atoms with van der Waals surface area (Å²) in [6.45, 7) is 8.41. The highest BCUT2D eigenvalue weighted by atomic mass is 32.2. The van der Waals surface area contributed by atoms with Crippen LogP contribution in [-0.4, -0.2) is 91.4 Å². The van der Waals surface area contributed by atoms with E-state index in [1.54, 1.807) is 19.9 Å². The van der Waals surface area contributed by atoms with Gasteiger partial charge in [-0.15, -0.1) is 0 Å². The van der Waals surface area contributed by atoms with Gasteiger partial charge < -0.3 is 34.6 Å². The smallest absolute Gasteiger partial charge is 0.416 e. The molecule has 0 bridgehead atoms. The van der Waals surface area contributed by atoms with Crippen molar-refractivity contribution in [1.82, 2.24) is 14.4 Å². The summed E-state index contributed by atoms with van der Waals surface area (Å²) in [7, 11) is -2.56. The van der Waals surface area contributed by atoms with Gasteiger partial charge in [0.15, 0.2) is 5.76 Å². The lowest BCUT2D eigenvalue weighted by Crippen LogP contribution is -2.48. The first-order valence-electron chi connectivity index (χ1n) is 16.9. The second-order valence-corrected chi connectivity index (χ2v) is 15.1. The van der Waals surface area contributed by atoms with E-state index in [0.717, 1.165) is 30.7 Å². The van der Waals surface area contributed by atoms with Crippen molar-refractivity contribution in [2.45, 2.75) is 83.2 Å². The first kappa shape index (κ1) is 40.6. The predicted molar refractivity (Wildman–Crippen MR) is 187 cm³/mol. The second kappa shape index (κ2) is 17.1. The predicted octanol–water partition coefficient (Wildman–Crippen LogP) is 6.07. The van der Waals surface area contributed by atoms with Crippen molar-refractivity contribution < 1.29 is 50.3 Å². The molecule has 52 heavy (non-hydrogen) atoms. The number of anilines is 2. The van der Waals surface area contributed by atoms with Gasteiger partial charge in [-0.1, -0.05) is 12.1 Å². The minimum atomic E-state index is -4.52. The number of nitrogens with one attached hydrogen (secondary N) is 2. The summed E-state index contributed by atoms with van der Waals surface area (Å²) in [6, 6.07) is 7.03. The number of likely N-dealkylation sites (N-methyl/N-ethyl adjacent to an activating group) is 1. The molecule has 1 aromatic heterocycles. The number of urea groups is 1. The van der Waals surface area contributed by atoms with Crippen molar-refractivity contribution in [3.63, 3.8) is 0 Å². The number of alkyl halides is 3. The van der Waals surface area contributed by atoms with Crippen molar-refractivity contribution in [1.29, 1.82) is 0 Å². The number of carbonyl (C=O) groups excluding carboxylic acids is 2. The molecule has 1 aliphatic heterocycles. The Balaban J connectivity index is 1.61. The maximum absolute atomic E-state index is 14.4. The van der Waals surface area contributed by atoms with E-state index in [9.17, 15) is 36.3 Å². The maximum Gasteiger partial charge on any atom is 0.416 e. The van der Waals surface area contributed by atoms with E-state index in [1.807, 2.05) is 13.8 Å². The lowest BCUT2D eigenvalue weighted by molar-refractivity contribution is -0.137. The van der Waals surface area contributed by atoms with Crippen molar-refractivity contribution >= 4 is 33.3 Å². The van der Waals surface area contributed by atoms with Crippen LogP contribution in [0.4, 0.5) is 29.3 Å². The van der Waals surface area contributed by atoms with Crippen LogP contribution in [0.5, 0.6) is 5.75 Å². The van der Waals surface area contributed by atoms with Gasteiger partial charge >= 0.3 is 12.2 Å². The number of aliphatic hydroxyl groups excluding tert-OH is 1. The fourth-order valence-electron chi connectivity index (χ4n) is 5.85. The van der Waals surface area contributed by atoms with Gasteiger partial charge in [0.1, 0.15) is 16.3 Å². The van der Waals surface area contributed by atoms with Crippen molar-refractivity contribution in [2.24, 2.45) is 5.92 Å². The summed E-state index contributed by atoms with van der Waals surface area (Å²) in [5, 5.41) is 19.1. The Morgan fingerprint density at radius 1 is 1.10 bits per heavy atom. The molecular formula is C35H46F3N5O8S. The number of sulfonamides is 1. The van der Waals surface area contributed by atoms with Crippen LogP contribution in [0.25, 0.3) is 0 Å². The summed E-state index contributed by atoms with van der Waals surface area (Å²) in [5.41, 5.74) is -0.208. The monoisotopic (exact) mass is 753 g/mol. The molecule has 0 saturated heterocycles. The van der Waals surface area contributed by atoms with Gasteiger partial charge in [0.2, 0.25) is 10.0 Å². The molecule has 0 radical (unpaired) electrons. The summed E-state index contributed by atoms with van der Waals surface area (Å²) in [5.74, 6) is -0.528. The number of aliphatic hydroxyl groups is 1. The number of amides is 3. The molecule has 286 valence electrons. The van der Waals surface area contributed by atoms with Crippen LogP contribution in [-0.2, 0) is 20.9 Å². The quantitative estimate of drug-likeness (QED) is 0.248. The molecule has 3 amide bonds. The third-order valence-electron chi connectivity index (χ3n) is 8.85. The average Bonchev–Trinajstić information content (AvgIpc) is 3.43. The SMILES string of the molecule is Cc1noc(C)c1S(=O)(=O)N(C)C[C@@H]1OCCCC[C@H](C)Oc2ccc(NC(=O)Nc3ccc(C(F)(F)F)cc3)cc2C(=O)N([C@H](C)CO)C[C@@H]1C. The van der Waals surface area contributed by atoms with E-state index in [2.05, 4.69) is 15.8 Å². The minimum Gasteiger partial charge on any atom is -0.490 e. The lowest BCUT2D eigenvalue weighted by atomic mass is 10.0. The Morgan fingerprint density at radius 2 is 1.75 bits per heavy atom. The average molecular weight is 754 g/mol. The number of hydrogen-bond acceptors (Lipinski definition) is 9. The zero-order chi connectivity index (χ0) is 38.4. The third kappa shape index (κ3) is 10.0. The molecule has 2 heterocycles. The number of fused-ring (bicyclic) bond motifs is 1. The number of halogens is 3. The van der Waals surface area contributed by atoms with E-state index in [0.29, 0.717) is 19.4 Å². The fourth-order valence-corrected chi connectivity index (χ4v) is 7.32. The van der Waals surface area contributed by atoms with Crippen LogP contribution in [0.2, 0.25) is 0 Å². The molecule has 0 saturated carbocycles. The van der Waals surface area contributed by atoms with Gasteiger partial charge in [-0.2, -0.15) is 17.5 Å². The molecule has 3 N–H and O–H groups in total. The Labute approximate surface area is 301 Å². The largest absolute Gasteiger partial charge is 0.490 e. The van der Waals surface area contributed by atoms with E-state index in [4.69, 9.17) is 14.0 Å². The van der Waals surface area contributed by atoms with Gasteiger partial charge in [0.05, 0.1) is 36.0 Å². The molecule has 1 aliphatic rings. The molecular weight excluding hydrogens is 707 g/mol. The van der Waals surface area contributed by atoms with Crippen LogP contribution >= 0.6 is 0 Å². The molecule has 4 atom stereocenters. The molecule has 0 spiro atoms. The van der Waals surface area contributed by atoms with Crippen LogP contribution in [0, 0.1) is 19.8 Å². The summed E-state index contributed by atoms with van der Waals surface area (Å²) in [6.07, 6.45) is -3.50. The normalized spacial score (nSPS) is 20.1. The van der Waals surface area contributed by atoms with Crippen LogP contribution in [0.15, 0.2) is 51.9 Å². The number of aromatic nitrogens is 1. The second-order valence-electron chi connectivity index (χ2n) is 13.1. The Bertz CT molecular complexity index is 1780. The molecule has 0 aliphatic carbocycles. The first-order chi connectivity index (χ1) is 24.4. The molecule has 4 rings (SSSR count). The topological polar surface area (TPSA) is 164 Å². The number of aryl methyl sites for hydroxylation is 2. The van der Waals surface area contributed by atoms with E-state index >= 15 is 0 Å². The zero-order valence-electron chi connectivity index (χ0n) is 30.0. The van der Waals surface area contributed by atoms with Crippen molar-refractivity contribution in [3.05, 3.63) is 65.0 Å². The van der Waals surface area contributed by atoms with Crippen LogP contribution in [0.3, 0.4) is 0 Å². The lowest BCUT2D eigenvalue weighted by Gasteiger charge is -2.35. The summed E-state index contributed by atoms with van der Waals surface area (Å²) < 4.78 is 84.8. The Morgan fingerprint density at radius 3 is 2.37 bits per heavy atom. The van der Waals surface area contributed by atoms with Gasteiger partial charge in [0, 0.05) is 44.0 Å². The van der Waals surface area contributed by atoms with Crippen molar-refractivity contribution in [3.8, 4) is 5.75 Å². The minimum absolute atomic E-state index is 0.0164. The van der Waals surface area contributed by atoms with E-state index in [1.165, 1.54) is 35.3 Å². The number of nitrogens with zero attached hydrogens (tertiary/aromatic N) is 3. The molecule has 17 heteroatoms. The molecule has 0 fully saturated rings. The number of benzene rings is 2. The first-order valence-corrected chi connectivity index (χ1v) is 18.3. The van der Waals surface area contributed by atoms with Gasteiger partial charge in [0.25, 0.3) is 5.91 Å². The Hall–Kier alpha value is -4.19. The van der Waals surface area contributed by atoms with Crippen molar-refractivity contribution in [2.75, 3.05) is 44.0 Å². The van der Waals surface area contributed by atoms with Crippen LogP contribution < -0.4 is 15.4 Å². The van der Waals surface area contributed by atoms with Crippen LogP contribution in [0.1, 0.15) is 67.4 Å². The third-order valence-corrected chi connectivity index (χ3v) is 10.9. The number of rotatable bonds is 8. The van der Waals surface area contributed by atoms with Gasteiger partial charge in [-0.05, 0) is 89.4 Å². The highest BCUT2D eigenvalue weighted by molar-refractivity contribution is 7.89. The molecule has 13 nitrogen and oxygen atoms in total. The van der Waals surface area contributed by atoms with Gasteiger partial charge in [-0.25, -0.2) is 13.2 Å². The summed E-state index contributed by atoms with van der Waals surface area (Å²) >= 11 is 0. The molecule has 3 aromatic rings. The van der Waals surface area contributed by atoms with E-state index < -0.39 is 51.8 Å². The number of ether oxygens (including phenoxy) is 2.